The van der Waals surface area contributed by atoms with E-state index in [9.17, 15) is 28.0 Å². The van der Waals surface area contributed by atoms with Crippen molar-refractivity contribution in [3.8, 4) is 34.1 Å². The summed E-state index contributed by atoms with van der Waals surface area (Å²) >= 11 is 0. The summed E-state index contributed by atoms with van der Waals surface area (Å²) in [6, 6.07) is 11.2. The van der Waals surface area contributed by atoms with E-state index in [1.54, 1.807) is 12.1 Å². The zero-order valence-electron chi connectivity index (χ0n) is 25.6. The third-order valence-corrected chi connectivity index (χ3v) is 6.01. The summed E-state index contributed by atoms with van der Waals surface area (Å²) in [7, 11) is 0. The molecule has 0 aliphatic rings. The van der Waals surface area contributed by atoms with Crippen molar-refractivity contribution >= 4 is 36.0 Å². The third-order valence-electron chi connectivity index (χ3n) is 6.01. The number of halogens is 2. The molecule has 0 saturated heterocycles. The van der Waals surface area contributed by atoms with Gasteiger partial charge in [-0.2, -0.15) is 4.39 Å². The molecule has 10 heteroatoms. The lowest BCUT2D eigenvalue weighted by Gasteiger charge is -2.16. The van der Waals surface area contributed by atoms with Crippen LogP contribution in [0.25, 0.3) is 23.3 Å². The predicted octanol–water partition coefficient (Wildman–Crippen LogP) is 7.73. The molecular formula is C36H30F2O8. The van der Waals surface area contributed by atoms with Crippen LogP contribution in [-0.2, 0) is 19.2 Å². The summed E-state index contributed by atoms with van der Waals surface area (Å²) in [5.41, 5.74) is 1.01. The monoisotopic (exact) mass is 628 g/mol. The van der Waals surface area contributed by atoms with Gasteiger partial charge in [0, 0.05) is 39.0 Å². The minimum atomic E-state index is -1.41. The molecule has 3 aromatic rings. The normalized spacial score (nSPS) is 10.6. The number of carbonyl (C=O) groups is 4. The minimum absolute atomic E-state index is 0.00293. The Morgan fingerprint density at radius 1 is 0.543 bits per heavy atom. The Kier molecular flexibility index (Phi) is 11.1. The molecule has 0 aliphatic carbocycles. The Bertz CT molecular complexity index is 1830. The van der Waals surface area contributed by atoms with E-state index in [0.717, 1.165) is 6.07 Å². The number of benzene rings is 3. The van der Waals surface area contributed by atoms with Gasteiger partial charge in [-0.3, -0.25) is 0 Å². The lowest BCUT2D eigenvalue weighted by atomic mass is 10.0. The summed E-state index contributed by atoms with van der Waals surface area (Å²) in [4.78, 5) is 48.8. The van der Waals surface area contributed by atoms with Gasteiger partial charge in [0.1, 0.15) is 17.2 Å². The molecule has 0 amide bonds. The highest BCUT2D eigenvalue weighted by Gasteiger charge is 2.20. The lowest BCUT2D eigenvalue weighted by Crippen LogP contribution is -2.11. The second-order valence-corrected chi connectivity index (χ2v) is 10.2. The van der Waals surface area contributed by atoms with Gasteiger partial charge in [0.05, 0.1) is 0 Å². The van der Waals surface area contributed by atoms with Crippen molar-refractivity contribution in [2.75, 3.05) is 0 Å². The molecule has 236 valence electrons. The van der Waals surface area contributed by atoms with Gasteiger partial charge in [0.25, 0.3) is 0 Å². The summed E-state index contributed by atoms with van der Waals surface area (Å²) in [5, 5.41) is 0. The van der Waals surface area contributed by atoms with Gasteiger partial charge in [0.2, 0.25) is 5.82 Å². The second-order valence-electron chi connectivity index (χ2n) is 10.2. The Morgan fingerprint density at radius 3 is 1.52 bits per heavy atom. The number of esters is 4. The fraction of sp³-hybridized carbons (Fsp3) is 0.111. The zero-order valence-corrected chi connectivity index (χ0v) is 25.6. The Labute approximate surface area is 264 Å². The van der Waals surface area contributed by atoms with Crippen molar-refractivity contribution in [2.45, 2.75) is 27.7 Å². The van der Waals surface area contributed by atoms with Crippen molar-refractivity contribution < 1.29 is 46.9 Å². The van der Waals surface area contributed by atoms with E-state index in [2.05, 4.69) is 26.3 Å². The molecule has 0 spiro atoms. The van der Waals surface area contributed by atoms with Crippen molar-refractivity contribution in [3.05, 3.63) is 120 Å². The quantitative estimate of drug-likeness (QED) is 0.0920. The zero-order chi connectivity index (χ0) is 34.3. The molecule has 0 saturated carbocycles. The number of hydrogen-bond acceptors (Lipinski definition) is 8. The molecule has 0 aliphatic heterocycles. The SMILES string of the molecule is C=C(C)C(=O)Oc1ccc(-c2cc(OC(=O)C(=C)C)c(/C=C/c3ccc(OC(=O)C(=C)C)c(F)c3F)cc2OC(=O)C(=C)C)cc1. The van der Waals surface area contributed by atoms with E-state index in [1.807, 2.05) is 0 Å². The van der Waals surface area contributed by atoms with Gasteiger partial charge in [-0.05, 0) is 69.7 Å². The molecule has 8 nitrogen and oxygen atoms in total. The molecule has 0 unspecified atom stereocenters. The van der Waals surface area contributed by atoms with Crippen LogP contribution in [0.3, 0.4) is 0 Å². The number of carbonyl (C=O) groups excluding carboxylic acids is 4. The third kappa shape index (κ3) is 8.60. The summed E-state index contributed by atoms with van der Waals surface area (Å²) < 4.78 is 50.9. The number of rotatable bonds is 11. The van der Waals surface area contributed by atoms with E-state index in [-0.39, 0.29) is 56.2 Å². The largest absolute Gasteiger partial charge is 0.423 e. The Morgan fingerprint density at radius 2 is 1.00 bits per heavy atom. The summed E-state index contributed by atoms with van der Waals surface area (Å²) in [6.07, 6.45) is 2.49. The van der Waals surface area contributed by atoms with Crippen molar-refractivity contribution in [1.82, 2.24) is 0 Å². The molecule has 0 heterocycles. The Hall–Kier alpha value is -5.90. The van der Waals surface area contributed by atoms with Gasteiger partial charge in [-0.1, -0.05) is 50.6 Å². The van der Waals surface area contributed by atoms with E-state index < -0.39 is 41.3 Å². The molecule has 46 heavy (non-hydrogen) atoms. The van der Waals surface area contributed by atoms with E-state index in [1.165, 1.54) is 70.2 Å². The average Bonchev–Trinajstić information content (AvgIpc) is 2.99. The van der Waals surface area contributed by atoms with Gasteiger partial charge in [-0.25, -0.2) is 23.6 Å². The van der Waals surface area contributed by atoms with Gasteiger partial charge in [-0.15, -0.1) is 0 Å². The second kappa shape index (κ2) is 14.7. The molecule has 3 aromatic carbocycles. The highest BCUT2D eigenvalue weighted by atomic mass is 19.2. The van der Waals surface area contributed by atoms with Crippen LogP contribution in [0.2, 0.25) is 0 Å². The topological polar surface area (TPSA) is 105 Å². The Balaban J connectivity index is 2.15. The van der Waals surface area contributed by atoms with Crippen molar-refractivity contribution in [3.63, 3.8) is 0 Å². The predicted molar refractivity (Wildman–Crippen MR) is 169 cm³/mol. The first kappa shape index (κ1) is 34.6. The van der Waals surface area contributed by atoms with E-state index in [4.69, 9.17) is 18.9 Å². The maximum Gasteiger partial charge on any atom is 0.338 e. The summed E-state index contributed by atoms with van der Waals surface area (Å²) in [6.45, 7) is 19.9. The molecule has 0 atom stereocenters. The first-order valence-electron chi connectivity index (χ1n) is 13.5. The maximum atomic E-state index is 15.0. The van der Waals surface area contributed by atoms with Crippen LogP contribution < -0.4 is 18.9 Å². The first-order valence-corrected chi connectivity index (χ1v) is 13.5. The summed E-state index contributed by atoms with van der Waals surface area (Å²) in [5.74, 6) is -6.26. The fourth-order valence-electron chi connectivity index (χ4n) is 3.50. The maximum absolute atomic E-state index is 15.0. The van der Waals surface area contributed by atoms with Crippen LogP contribution >= 0.6 is 0 Å². The molecule has 0 fully saturated rings. The molecule has 0 radical (unpaired) electrons. The van der Waals surface area contributed by atoms with Crippen molar-refractivity contribution in [1.29, 1.82) is 0 Å². The highest BCUT2D eigenvalue weighted by molar-refractivity contribution is 5.93. The van der Waals surface area contributed by atoms with E-state index >= 15 is 0 Å². The van der Waals surface area contributed by atoms with Crippen LogP contribution in [0.5, 0.6) is 23.0 Å². The highest BCUT2D eigenvalue weighted by Crippen LogP contribution is 2.39. The standard InChI is InChI=1S/C36H30F2O8/c1-19(2)33(39)43-26-14-11-23(12-15-26)27-18-29(45-35(41)21(5)6)25(17-30(27)46-36(42)22(7)8)10-9-24-13-16-28(32(38)31(24)37)44-34(40)20(3)4/h9-18H,1,3,5,7H2,2,4,6,8H3/b10-9+. The number of ether oxygens (including phenoxy) is 4. The molecule has 0 aromatic heterocycles. The molecule has 0 N–H and O–H groups in total. The van der Waals surface area contributed by atoms with Crippen molar-refractivity contribution in [2.24, 2.45) is 0 Å². The molecule has 3 rings (SSSR count). The number of hydrogen-bond donors (Lipinski definition) is 0. The van der Waals surface area contributed by atoms with Crippen LogP contribution in [0.15, 0.2) is 97.1 Å². The smallest absolute Gasteiger partial charge is 0.338 e. The van der Waals surface area contributed by atoms with Gasteiger partial charge >= 0.3 is 23.9 Å². The average molecular weight is 629 g/mol. The van der Waals surface area contributed by atoms with Crippen LogP contribution in [0.4, 0.5) is 8.78 Å². The fourth-order valence-corrected chi connectivity index (χ4v) is 3.50. The first-order chi connectivity index (χ1) is 21.6. The van der Waals surface area contributed by atoms with E-state index in [0.29, 0.717) is 5.56 Å². The minimum Gasteiger partial charge on any atom is -0.423 e. The molecular weight excluding hydrogens is 598 g/mol. The van der Waals surface area contributed by atoms with Crippen LogP contribution in [0.1, 0.15) is 38.8 Å². The van der Waals surface area contributed by atoms with Crippen LogP contribution in [0, 0.1) is 11.6 Å². The van der Waals surface area contributed by atoms with Crippen LogP contribution in [-0.4, -0.2) is 23.9 Å². The van der Waals surface area contributed by atoms with Gasteiger partial charge in [0.15, 0.2) is 11.6 Å². The molecule has 0 bridgehead atoms. The lowest BCUT2D eigenvalue weighted by molar-refractivity contribution is -0.131. The van der Waals surface area contributed by atoms with Gasteiger partial charge < -0.3 is 18.9 Å².